The van der Waals surface area contributed by atoms with Crippen LogP contribution in [0.3, 0.4) is 0 Å². The van der Waals surface area contributed by atoms with E-state index in [1.54, 1.807) is 11.8 Å². The number of thioether (sulfide) groups is 1. The first-order chi connectivity index (χ1) is 12.1. The van der Waals surface area contributed by atoms with Crippen LogP contribution in [0.4, 0.5) is 0 Å². The molecule has 0 amide bonds. The molecule has 4 rings (SSSR count). The van der Waals surface area contributed by atoms with Gasteiger partial charge in [0.2, 0.25) is 5.82 Å². The van der Waals surface area contributed by atoms with Crippen molar-refractivity contribution >= 4 is 11.8 Å². The van der Waals surface area contributed by atoms with Gasteiger partial charge in [0, 0.05) is 19.3 Å². The lowest BCUT2D eigenvalue weighted by Gasteiger charge is -2.45. The van der Waals surface area contributed by atoms with Crippen molar-refractivity contribution in [2.75, 3.05) is 25.4 Å². The Morgan fingerprint density at radius 2 is 2.24 bits per heavy atom. The summed E-state index contributed by atoms with van der Waals surface area (Å²) in [5.41, 5.74) is 1.51. The molecule has 0 aromatic carbocycles. The van der Waals surface area contributed by atoms with E-state index in [0.717, 1.165) is 28.3 Å². The summed E-state index contributed by atoms with van der Waals surface area (Å²) in [5, 5.41) is 9.52. The van der Waals surface area contributed by atoms with Crippen molar-refractivity contribution in [2.24, 2.45) is 18.4 Å². The van der Waals surface area contributed by atoms with Crippen LogP contribution in [-0.2, 0) is 7.05 Å². The fourth-order valence-electron chi connectivity index (χ4n) is 4.23. The minimum Gasteiger partial charge on any atom is -0.440 e. The Hall–Kier alpha value is -1.34. The molecule has 7 heteroatoms. The molecule has 2 aromatic heterocycles. The maximum atomic E-state index is 5.43. The average Bonchev–Trinajstić information content (AvgIpc) is 3.31. The maximum Gasteiger partial charge on any atom is 0.202 e. The van der Waals surface area contributed by atoms with E-state index in [1.165, 1.54) is 51.7 Å². The minimum atomic E-state index is 0.667. The molecule has 2 aromatic rings. The standard InChI is InChI=1S/C18H27N5OS/c1-13-5-6-18(13)7-9-23(11-18)8-4-10-25-17-21-20-16(22(17)3)15-14(2)19-12-24-15/h12-13H,4-11H2,1-3H3/t13-,18+/m1/s1. The molecule has 1 saturated carbocycles. The van der Waals surface area contributed by atoms with Crippen molar-refractivity contribution in [1.29, 1.82) is 0 Å². The predicted molar refractivity (Wildman–Crippen MR) is 98.5 cm³/mol. The van der Waals surface area contributed by atoms with Gasteiger partial charge < -0.3 is 13.9 Å². The van der Waals surface area contributed by atoms with Crippen molar-refractivity contribution in [3.05, 3.63) is 12.1 Å². The largest absolute Gasteiger partial charge is 0.440 e. The lowest BCUT2D eigenvalue weighted by molar-refractivity contribution is 0.0536. The van der Waals surface area contributed by atoms with E-state index >= 15 is 0 Å². The maximum absolute atomic E-state index is 5.43. The van der Waals surface area contributed by atoms with E-state index in [0.29, 0.717) is 11.2 Å². The first-order valence-corrected chi connectivity index (χ1v) is 10.2. The number of aromatic nitrogens is 4. The highest BCUT2D eigenvalue weighted by Crippen LogP contribution is 2.52. The van der Waals surface area contributed by atoms with E-state index in [9.17, 15) is 0 Å². The van der Waals surface area contributed by atoms with Gasteiger partial charge in [0.25, 0.3) is 0 Å². The second-order valence-electron chi connectivity index (χ2n) is 7.66. The van der Waals surface area contributed by atoms with Gasteiger partial charge in [0.05, 0.1) is 5.69 Å². The van der Waals surface area contributed by atoms with Crippen molar-refractivity contribution in [2.45, 2.75) is 44.7 Å². The Morgan fingerprint density at radius 3 is 2.88 bits per heavy atom. The van der Waals surface area contributed by atoms with Crippen LogP contribution in [0.25, 0.3) is 11.6 Å². The van der Waals surface area contributed by atoms with Gasteiger partial charge in [0.15, 0.2) is 17.3 Å². The molecule has 0 bridgehead atoms. The normalized spacial score (nSPS) is 26.4. The van der Waals surface area contributed by atoms with Crippen LogP contribution in [0, 0.1) is 18.3 Å². The molecule has 1 saturated heterocycles. The first kappa shape index (κ1) is 17.1. The zero-order chi connectivity index (χ0) is 17.4. The highest BCUT2D eigenvalue weighted by Gasteiger charge is 2.47. The van der Waals surface area contributed by atoms with Crippen LogP contribution in [0.2, 0.25) is 0 Å². The third kappa shape index (κ3) is 3.12. The third-order valence-electron chi connectivity index (χ3n) is 6.22. The number of likely N-dealkylation sites (tertiary alicyclic amines) is 1. The van der Waals surface area contributed by atoms with Gasteiger partial charge in [-0.1, -0.05) is 18.7 Å². The van der Waals surface area contributed by atoms with Crippen molar-refractivity contribution < 1.29 is 4.42 Å². The van der Waals surface area contributed by atoms with Crippen LogP contribution in [0.1, 0.15) is 38.3 Å². The summed E-state index contributed by atoms with van der Waals surface area (Å²) in [7, 11) is 1.99. The number of rotatable bonds is 6. The molecule has 1 aliphatic heterocycles. The number of oxazole rings is 1. The van der Waals surface area contributed by atoms with Gasteiger partial charge in [-0.05, 0) is 57.0 Å². The van der Waals surface area contributed by atoms with E-state index in [4.69, 9.17) is 4.42 Å². The molecule has 2 fully saturated rings. The van der Waals surface area contributed by atoms with Crippen LogP contribution >= 0.6 is 11.8 Å². The molecule has 0 radical (unpaired) electrons. The van der Waals surface area contributed by atoms with E-state index in [2.05, 4.69) is 27.0 Å². The van der Waals surface area contributed by atoms with Crippen molar-refractivity contribution in [3.8, 4) is 11.6 Å². The molecule has 1 aliphatic carbocycles. The highest BCUT2D eigenvalue weighted by atomic mass is 32.2. The van der Waals surface area contributed by atoms with E-state index in [1.807, 2.05) is 18.5 Å². The summed E-state index contributed by atoms with van der Waals surface area (Å²) in [6.07, 6.45) is 6.94. The Labute approximate surface area is 153 Å². The molecule has 2 aliphatic rings. The predicted octanol–water partition coefficient (Wildman–Crippen LogP) is 3.38. The Kier molecular flexibility index (Phi) is 4.62. The van der Waals surface area contributed by atoms with Crippen LogP contribution in [0.15, 0.2) is 16.0 Å². The highest BCUT2D eigenvalue weighted by molar-refractivity contribution is 7.99. The Bertz CT molecular complexity index is 742. The third-order valence-corrected chi connectivity index (χ3v) is 7.32. The second kappa shape index (κ2) is 6.76. The SMILES string of the molecule is Cc1ncoc1-c1nnc(SCCCN2CC[C@@]3(CC[C@H]3C)C2)n1C. The number of aryl methyl sites for hydroxylation is 1. The van der Waals surface area contributed by atoms with Gasteiger partial charge in [0.1, 0.15) is 0 Å². The lowest BCUT2D eigenvalue weighted by atomic mass is 9.60. The van der Waals surface area contributed by atoms with Crippen LogP contribution in [-0.4, -0.2) is 50.0 Å². The van der Waals surface area contributed by atoms with E-state index in [-0.39, 0.29) is 0 Å². The summed E-state index contributed by atoms with van der Waals surface area (Å²) in [4.78, 5) is 6.79. The van der Waals surface area contributed by atoms with Crippen LogP contribution in [0.5, 0.6) is 0 Å². The van der Waals surface area contributed by atoms with E-state index < -0.39 is 0 Å². The molecule has 1 spiro atoms. The van der Waals surface area contributed by atoms with Gasteiger partial charge in [-0.15, -0.1) is 10.2 Å². The smallest absolute Gasteiger partial charge is 0.202 e. The van der Waals surface area contributed by atoms with Crippen molar-refractivity contribution in [1.82, 2.24) is 24.6 Å². The van der Waals surface area contributed by atoms with Gasteiger partial charge >= 0.3 is 0 Å². The second-order valence-corrected chi connectivity index (χ2v) is 8.72. The summed E-state index contributed by atoms with van der Waals surface area (Å²) >= 11 is 1.78. The summed E-state index contributed by atoms with van der Waals surface area (Å²) in [5.74, 6) is 3.46. The molecule has 0 unspecified atom stereocenters. The molecular formula is C18H27N5OS. The summed E-state index contributed by atoms with van der Waals surface area (Å²) in [6.45, 7) is 8.16. The molecule has 0 N–H and O–H groups in total. The van der Waals surface area contributed by atoms with Gasteiger partial charge in [-0.3, -0.25) is 0 Å². The van der Waals surface area contributed by atoms with Gasteiger partial charge in [-0.25, -0.2) is 4.98 Å². The zero-order valence-electron chi connectivity index (χ0n) is 15.4. The number of hydrogen-bond acceptors (Lipinski definition) is 6. The molecule has 25 heavy (non-hydrogen) atoms. The molecular weight excluding hydrogens is 334 g/mol. The van der Waals surface area contributed by atoms with Crippen LogP contribution < -0.4 is 0 Å². The summed E-state index contributed by atoms with van der Waals surface area (Å²) in [6, 6.07) is 0. The monoisotopic (exact) mass is 361 g/mol. The Balaban J connectivity index is 1.26. The fraction of sp³-hybridized carbons (Fsp3) is 0.722. The zero-order valence-corrected chi connectivity index (χ0v) is 16.2. The topological polar surface area (TPSA) is 60.0 Å². The van der Waals surface area contributed by atoms with Gasteiger partial charge in [-0.2, -0.15) is 0 Å². The molecule has 6 nitrogen and oxygen atoms in total. The first-order valence-electron chi connectivity index (χ1n) is 9.24. The summed E-state index contributed by atoms with van der Waals surface area (Å²) < 4.78 is 7.43. The molecule has 136 valence electrons. The average molecular weight is 362 g/mol. The number of nitrogens with zero attached hydrogens (tertiary/aromatic N) is 5. The number of hydrogen-bond donors (Lipinski definition) is 0. The lowest BCUT2D eigenvalue weighted by Crippen LogP contribution is -2.41. The molecule has 2 atom stereocenters. The van der Waals surface area contributed by atoms with Crippen molar-refractivity contribution in [3.63, 3.8) is 0 Å². The Morgan fingerprint density at radius 1 is 1.36 bits per heavy atom. The molecule has 3 heterocycles. The fourth-order valence-corrected chi connectivity index (χ4v) is 5.06. The minimum absolute atomic E-state index is 0.667. The quantitative estimate of drug-likeness (QED) is 0.581.